The molecule has 0 radical (unpaired) electrons. The number of hydrogen-bond donors (Lipinski definition) is 1. The lowest BCUT2D eigenvalue weighted by molar-refractivity contribution is 0.715. The fourth-order valence-corrected chi connectivity index (χ4v) is 3.21. The quantitative estimate of drug-likeness (QED) is 0.892. The molecule has 1 saturated carbocycles. The van der Waals surface area contributed by atoms with Gasteiger partial charge in [-0.3, -0.25) is 0 Å². The summed E-state index contributed by atoms with van der Waals surface area (Å²) in [5.74, 6) is 0. The van der Waals surface area contributed by atoms with Crippen LogP contribution in [0.5, 0.6) is 0 Å². The van der Waals surface area contributed by atoms with Crippen LogP contribution in [-0.4, -0.2) is 4.98 Å². The first kappa shape index (κ1) is 11.9. The molecule has 0 saturated heterocycles. The van der Waals surface area contributed by atoms with E-state index in [4.69, 9.17) is 10.7 Å². The molecule has 94 valence electrons. The maximum atomic E-state index is 6.20. The van der Waals surface area contributed by atoms with Crippen molar-refractivity contribution in [2.45, 2.75) is 39.2 Å². The molecule has 0 unspecified atom stereocenters. The van der Waals surface area contributed by atoms with Crippen molar-refractivity contribution in [1.82, 2.24) is 4.98 Å². The zero-order valence-corrected chi connectivity index (χ0v) is 11.9. The van der Waals surface area contributed by atoms with Crippen LogP contribution in [0.3, 0.4) is 0 Å². The van der Waals surface area contributed by atoms with E-state index in [1.54, 1.807) is 11.3 Å². The van der Waals surface area contributed by atoms with Crippen molar-refractivity contribution in [3.8, 4) is 10.6 Å². The number of rotatable bonds is 2. The van der Waals surface area contributed by atoms with Crippen LogP contribution in [-0.2, 0) is 5.54 Å². The number of benzene rings is 1. The topological polar surface area (TPSA) is 38.9 Å². The van der Waals surface area contributed by atoms with Crippen LogP contribution < -0.4 is 5.73 Å². The third-order valence-corrected chi connectivity index (χ3v) is 4.97. The summed E-state index contributed by atoms with van der Waals surface area (Å²) in [5, 5.41) is 3.22. The van der Waals surface area contributed by atoms with Crippen molar-refractivity contribution in [3.63, 3.8) is 0 Å². The van der Waals surface area contributed by atoms with Gasteiger partial charge in [0.1, 0.15) is 5.01 Å². The zero-order valence-electron chi connectivity index (χ0n) is 11.1. The average Bonchev–Trinajstić information content (AvgIpc) is 2.92. The van der Waals surface area contributed by atoms with Gasteiger partial charge < -0.3 is 5.73 Å². The zero-order chi connectivity index (χ0) is 12.9. The van der Waals surface area contributed by atoms with Crippen molar-refractivity contribution < 1.29 is 0 Å². The average molecular weight is 258 g/mol. The standard InChI is InChI=1S/C15H18N2S/c1-9-4-5-12(11(3)10(9)2)14-17-13(8-18-14)15(16)6-7-15/h4-5,8H,6-7,16H2,1-3H3. The van der Waals surface area contributed by atoms with Crippen LogP contribution in [0.4, 0.5) is 0 Å². The van der Waals surface area contributed by atoms with E-state index in [2.05, 4.69) is 38.3 Å². The molecule has 0 spiro atoms. The molecular formula is C15H18N2S. The molecule has 0 aliphatic heterocycles. The maximum absolute atomic E-state index is 6.20. The van der Waals surface area contributed by atoms with Gasteiger partial charge in [0.2, 0.25) is 0 Å². The Morgan fingerprint density at radius 2 is 1.89 bits per heavy atom. The fraction of sp³-hybridized carbons (Fsp3) is 0.400. The van der Waals surface area contributed by atoms with Gasteiger partial charge in [0.15, 0.2) is 0 Å². The van der Waals surface area contributed by atoms with Gasteiger partial charge in [-0.15, -0.1) is 11.3 Å². The number of aryl methyl sites for hydroxylation is 1. The molecule has 1 aromatic carbocycles. The third kappa shape index (κ3) is 1.78. The molecule has 18 heavy (non-hydrogen) atoms. The number of nitrogens with two attached hydrogens (primary N) is 1. The second-order valence-electron chi connectivity index (χ2n) is 5.37. The first-order valence-corrected chi connectivity index (χ1v) is 7.21. The monoisotopic (exact) mass is 258 g/mol. The van der Waals surface area contributed by atoms with Gasteiger partial charge in [0.25, 0.3) is 0 Å². The van der Waals surface area contributed by atoms with Gasteiger partial charge in [0, 0.05) is 10.9 Å². The minimum Gasteiger partial charge on any atom is -0.320 e. The summed E-state index contributed by atoms with van der Waals surface area (Å²) < 4.78 is 0. The Hall–Kier alpha value is -1.19. The molecule has 2 aromatic rings. The van der Waals surface area contributed by atoms with Crippen molar-refractivity contribution in [3.05, 3.63) is 39.9 Å². The Kier molecular flexibility index (Phi) is 2.57. The van der Waals surface area contributed by atoms with Gasteiger partial charge >= 0.3 is 0 Å². The Bertz CT molecular complexity index is 609. The summed E-state index contributed by atoms with van der Waals surface area (Å²) in [6, 6.07) is 4.35. The van der Waals surface area contributed by atoms with Gasteiger partial charge in [0.05, 0.1) is 11.2 Å². The highest BCUT2D eigenvalue weighted by atomic mass is 32.1. The van der Waals surface area contributed by atoms with Gasteiger partial charge in [-0.1, -0.05) is 12.1 Å². The van der Waals surface area contributed by atoms with E-state index >= 15 is 0 Å². The van der Waals surface area contributed by atoms with E-state index in [0.717, 1.165) is 23.5 Å². The lowest BCUT2D eigenvalue weighted by Crippen LogP contribution is -2.18. The van der Waals surface area contributed by atoms with Crippen molar-refractivity contribution >= 4 is 11.3 Å². The molecule has 0 amide bonds. The minimum atomic E-state index is -0.123. The van der Waals surface area contributed by atoms with Crippen LogP contribution >= 0.6 is 11.3 Å². The van der Waals surface area contributed by atoms with Crippen LogP contribution in [0, 0.1) is 20.8 Å². The van der Waals surface area contributed by atoms with E-state index in [9.17, 15) is 0 Å². The summed E-state index contributed by atoms with van der Waals surface area (Å²) >= 11 is 1.71. The van der Waals surface area contributed by atoms with Gasteiger partial charge in [-0.2, -0.15) is 0 Å². The van der Waals surface area contributed by atoms with E-state index in [-0.39, 0.29) is 5.54 Å². The number of nitrogens with zero attached hydrogens (tertiary/aromatic N) is 1. The third-order valence-electron chi connectivity index (χ3n) is 4.09. The van der Waals surface area contributed by atoms with Gasteiger partial charge in [-0.05, 0) is 50.3 Å². The Morgan fingerprint density at radius 1 is 1.17 bits per heavy atom. The number of aromatic nitrogens is 1. The predicted molar refractivity (Wildman–Crippen MR) is 76.9 cm³/mol. The maximum Gasteiger partial charge on any atom is 0.123 e. The van der Waals surface area contributed by atoms with Crippen molar-refractivity contribution in [2.75, 3.05) is 0 Å². The molecule has 0 atom stereocenters. The largest absolute Gasteiger partial charge is 0.320 e. The van der Waals surface area contributed by atoms with E-state index in [1.807, 2.05) is 0 Å². The normalized spacial score (nSPS) is 16.9. The van der Waals surface area contributed by atoms with Crippen LogP contribution in [0.25, 0.3) is 10.6 Å². The lowest BCUT2D eigenvalue weighted by Gasteiger charge is -2.09. The summed E-state index contributed by atoms with van der Waals surface area (Å²) in [5.41, 5.74) is 12.4. The molecule has 1 aliphatic carbocycles. The molecule has 1 heterocycles. The number of hydrogen-bond acceptors (Lipinski definition) is 3. The molecule has 1 fully saturated rings. The summed E-state index contributed by atoms with van der Waals surface area (Å²) in [7, 11) is 0. The summed E-state index contributed by atoms with van der Waals surface area (Å²) in [4.78, 5) is 4.74. The van der Waals surface area contributed by atoms with Gasteiger partial charge in [-0.25, -0.2) is 4.98 Å². The molecule has 2 N–H and O–H groups in total. The molecule has 3 rings (SSSR count). The highest BCUT2D eigenvalue weighted by Crippen LogP contribution is 2.44. The van der Waals surface area contributed by atoms with Crippen molar-refractivity contribution in [1.29, 1.82) is 0 Å². The molecule has 3 heteroatoms. The first-order valence-electron chi connectivity index (χ1n) is 6.33. The lowest BCUT2D eigenvalue weighted by atomic mass is 9.99. The van der Waals surface area contributed by atoms with E-state index in [1.165, 1.54) is 22.3 Å². The van der Waals surface area contributed by atoms with Crippen LogP contribution in [0.15, 0.2) is 17.5 Å². The second-order valence-corrected chi connectivity index (χ2v) is 6.23. The fourth-order valence-electron chi connectivity index (χ4n) is 2.20. The number of thiazole rings is 1. The summed E-state index contributed by atoms with van der Waals surface area (Å²) in [6.45, 7) is 6.50. The van der Waals surface area contributed by atoms with E-state index < -0.39 is 0 Å². The molecular weight excluding hydrogens is 240 g/mol. The van der Waals surface area contributed by atoms with E-state index in [0.29, 0.717) is 0 Å². The van der Waals surface area contributed by atoms with Crippen LogP contribution in [0.1, 0.15) is 35.2 Å². The molecule has 2 nitrogen and oxygen atoms in total. The second kappa shape index (κ2) is 3.90. The molecule has 1 aromatic heterocycles. The summed E-state index contributed by atoms with van der Waals surface area (Å²) in [6.07, 6.45) is 2.14. The Morgan fingerprint density at radius 3 is 2.56 bits per heavy atom. The highest BCUT2D eigenvalue weighted by Gasteiger charge is 2.42. The Balaban J connectivity index is 2.05. The first-order chi connectivity index (χ1) is 8.51. The smallest absolute Gasteiger partial charge is 0.123 e. The predicted octanol–water partition coefficient (Wildman–Crippen LogP) is 3.68. The highest BCUT2D eigenvalue weighted by molar-refractivity contribution is 7.13. The SMILES string of the molecule is Cc1ccc(-c2nc(C3(N)CC3)cs2)c(C)c1C. The molecule has 1 aliphatic rings. The van der Waals surface area contributed by atoms with Crippen LogP contribution in [0.2, 0.25) is 0 Å². The van der Waals surface area contributed by atoms with Crippen molar-refractivity contribution in [2.24, 2.45) is 5.73 Å². The minimum absolute atomic E-state index is 0.123. The molecule has 0 bridgehead atoms. The Labute approximate surface area is 112 Å².